The van der Waals surface area contributed by atoms with E-state index in [9.17, 15) is 0 Å². The molecule has 1 aliphatic carbocycles. The first-order chi connectivity index (χ1) is 9.15. The van der Waals surface area contributed by atoms with E-state index in [0.29, 0.717) is 12.1 Å². The van der Waals surface area contributed by atoms with Crippen LogP contribution in [-0.2, 0) is 13.0 Å². The van der Waals surface area contributed by atoms with Crippen molar-refractivity contribution in [3.05, 3.63) is 35.4 Å². The predicted molar refractivity (Wildman–Crippen MR) is 82.1 cm³/mol. The van der Waals surface area contributed by atoms with Gasteiger partial charge in [0.05, 0.1) is 0 Å². The molecule has 2 atom stereocenters. The monoisotopic (exact) mass is 260 g/mol. The maximum atomic E-state index is 6.16. The van der Waals surface area contributed by atoms with Gasteiger partial charge in [-0.3, -0.25) is 0 Å². The highest BCUT2D eigenvalue weighted by Gasteiger charge is 2.20. The van der Waals surface area contributed by atoms with Gasteiger partial charge in [0.2, 0.25) is 0 Å². The van der Waals surface area contributed by atoms with E-state index in [1.807, 2.05) is 0 Å². The van der Waals surface area contributed by atoms with E-state index >= 15 is 0 Å². The van der Waals surface area contributed by atoms with Crippen molar-refractivity contribution in [3.8, 4) is 0 Å². The standard InChI is InChI=1S/C17H28N2/c1-13(2)11-14-7-9-15(10-8-14)12-19-17-6-4-3-5-16(17)18/h7-10,13,16-17,19H,3-6,11-12,18H2,1-2H3. The summed E-state index contributed by atoms with van der Waals surface area (Å²) in [4.78, 5) is 0. The van der Waals surface area contributed by atoms with Gasteiger partial charge in [-0.05, 0) is 36.3 Å². The molecule has 0 heterocycles. The van der Waals surface area contributed by atoms with Crippen molar-refractivity contribution in [2.45, 2.75) is 64.6 Å². The molecule has 2 unspecified atom stereocenters. The van der Waals surface area contributed by atoms with Crippen molar-refractivity contribution in [1.82, 2.24) is 5.32 Å². The van der Waals surface area contributed by atoms with Gasteiger partial charge in [0.15, 0.2) is 0 Å². The predicted octanol–water partition coefficient (Wildman–Crippen LogP) is 3.24. The molecule has 19 heavy (non-hydrogen) atoms. The van der Waals surface area contributed by atoms with Gasteiger partial charge >= 0.3 is 0 Å². The Bertz CT molecular complexity index is 369. The molecule has 0 bridgehead atoms. The zero-order valence-corrected chi connectivity index (χ0v) is 12.4. The number of hydrogen-bond acceptors (Lipinski definition) is 2. The Morgan fingerprint density at radius 3 is 2.37 bits per heavy atom. The third kappa shape index (κ3) is 4.63. The highest BCUT2D eigenvalue weighted by molar-refractivity contribution is 5.22. The lowest BCUT2D eigenvalue weighted by Crippen LogP contribution is -2.46. The van der Waals surface area contributed by atoms with Crippen LogP contribution in [0.4, 0.5) is 0 Å². The minimum absolute atomic E-state index is 0.342. The fourth-order valence-electron chi connectivity index (χ4n) is 2.93. The first-order valence-corrected chi connectivity index (χ1v) is 7.72. The van der Waals surface area contributed by atoms with Crippen LogP contribution >= 0.6 is 0 Å². The van der Waals surface area contributed by atoms with Gasteiger partial charge in [0.1, 0.15) is 0 Å². The van der Waals surface area contributed by atoms with Gasteiger partial charge < -0.3 is 11.1 Å². The van der Waals surface area contributed by atoms with Crippen LogP contribution in [0.25, 0.3) is 0 Å². The van der Waals surface area contributed by atoms with Crippen molar-refractivity contribution < 1.29 is 0 Å². The van der Waals surface area contributed by atoms with Gasteiger partial charge in [-0.2, -0.15) is 0 Å². The van der Waals surface area contributed by atoms with Crippen molar-refractivity contribution in [3.63, 3.8) is 0 Å². The molecular weight excluding hydrogens is 232 g/mol. The molecule has 2 heteroatoms. The Kier molecular flexibility index (Phi) is 5.41. The zero-order chi connectivity index (χ0) is 13.7. The number of nitrogens with one attached hydrogen (secondary N) is 1. The maximum Gasteiger partial charge on any atom is 0.0222 e. The van der Waals surface area contributed by atoms with E-state index in [1.165, 1.54) is 43.2 Å². The molecule has 3 N–H and O–H groups in total. The summed E-state index contributed by atoms with van der Waals surface area (Å²) in [6, 6.07) is 9.87. The van der Waals surface area contributed by atoms with E-state index in [4.69, 9.17) is 5.73 Å². The van der Waals surface area contributed by atoms with E-state index in [1.54, 1.807) is 0 Å². The van der Waals surface area contributed by atoms with Gasteiger partial charge in [-0.25, -0.2) is 0 Å². The highest BCUT2D eigenvalue weighted by atomic mass is 15.0. The molecule has 106 valence electrons. The average Bonchev–Trinajstić information content (AvgIpc) is 2.39. The van der Waals surface area contributed by atoms with Crippen LogP contribution in [0.1, 0.15) is 50.7 Å². The van der Waals surface area contributed by atoms with E-state index in [2.05, 4.69) is 43.4 Å². The molecule has 0 aliphatic heterocycles. The second kappa shape index (κ2) is 7.06. The summed E-state index contributed by atoms with van der Waals surface area (Å²) >= 11 is 0. The van der Waals surface area contributed by atoms with Crippen LogP contribution in [0.5, 0.6) is 0 Å². The highest BCUT2D eigenvalue weighted by Crippen LogP contribution is 2.17. The lowest BCUT2D eigenvalue weighted by Gasteiger charge is -2.29. The van der Waals surface area contributed by atoms with Gasteiger partial charge in [0.25, 0.3) is 0 Å². The molecule has 1 fully saturated rings. The molecule has 2 nitrogen and oxygen atoms in total. The molecule has 0 spiro atoms. The molecule has 2 rings (SSSR count). The quantitative estimate of drug-likeness (QED) is 0.853. The Morgan fingerprint density at radius 2 is 1.74 bits per heavy atom. The van der Waals surface area contributed by atoms with Crippen LogP contribution in [0, 0.1) is 5.92 Å². The van der Waals surface area contributed by atoms with Crippen molar-refractivity contribution >= 4 is 0 Å². The summed E-state index contributed by atoms with van der Waals surface area (Å²) in [5.41, 5.74) is 8.96. The Balaban J connectivity index is 1.82. The summed E-state index contributed by atoms with van der Waals surface area (Å²) in [7, 11) is 0. The molecular formula is C17H28N2. The number of benzene rings is 1. The molecule has 1 aliphatic rings. The first-order valence-electron chi connectivity index (χ1n) is 7.72. The summed E-state index contributed by atoms with van der Waals surface area (Å²) in [5, 5.41) is 3.62. The number of hydrogen-bond donors (Lipinski definition) is 2. The summed E-state index contributed by atoms with van der Waals surface area (Å²) < 4.78 is 0. The Hall–Kier alpha value is -0.860. The van der Waals surface area contributed by atoms with Crippen molar-refractivity contribution in [2.24, 2.45) is 11.7 Å². The number of rotatable bonds is 5. The Morgan fingerprint density at radius 1 is 1.11 bits per heavy atom. The minimum Gasteiger partial charge on any atom is -0.326 e. The molecule has 1 aromatic rings. The normalized spacial score (nSPS) is 23.8. The fourth-order valence-corrected chi connectivity index (χ4v) is 2.93. The Labute approximate surface area is 117 Å². The van der Waals surface area contributed by atoms with E-state index < -0.39 is 0 Å². The van der Waals surface area contributed by atoms with Crippen LogP contribution in [0.2, 0.25) is 0 Å². The van der Waals surface area contributed by atoms with Crippen LogP contribution in [0.15, 0.2) is 24.3 Å². The van der Waals surface area contributed by atoms with Crippen molar-refractivity contribution in [1.29, 1.82) is 0 Å². The second-order valence-electron chi connectivity index (χ2n) is 6.35. The van der Waals surface area contributed by atoms with Crippen molar-refractivity contribution in [2.75, 3.05) is 0 Å². The first kappa shape index (κ1) is 14.5. The fraction of sp³-hybridized carbons (Fsp3) is 0.647. The maximum absolute atomic E-state index is 6.16. The molecule has 0 amide bonds. The lowest BCUT2D eigenvalue weighted by molar-refractivity contribution is 0.326. The second-order valence-corrected chi connectivity index (χ2v) is 6.35. The summed E-state index contributed by atoms with van der Waals surface area (Å²) in [6.45, 7) is 5.47. The smallest absolute Gasteiger partial charge is 0.0222 e. The van der Waals surface area contributed by atoms with Crippen LogP contribution in [-0.4, -0.2) is 12.1 Å². The largest absolute Gasteiger partial charge is 0.326 e. The summed E-state index contributed by atoms with van der Waals surface area (Å²) in [6.07, 6.45) is 6.18. The molecule has 1 aromatic carbocycles. The minimum atomic E-state index is 0.342. The van der Waals surface area contributed by atoms with Gasteiger partial charge in [-0.15, -0.1) is 0 Å². The van der Waals surface area contributed by atoms with Crippen LogP contribution in [0.3, 0.4) is 0 Å². The molecule has 1 saturated carbocycles. The van der Waals surface area contributed by atoms with Gasteiger partial charge in [0, 0.05) is 18.6 Å². The summed E-state index contributed by atoms with van der Waals surface area (Å²) in [5.74, 6) is 0.726. The van der Waals surface area contributed by atoms with Gasteiger partial charge in [-0.1, -0.05) is 51.0 Å². The molecule has 0 saturated heterocycles. The molecule has 0 aromatic heterocycles. The van der Waals surface area contributed by atoms with Crippen LogP contribution < -0.4 is 11.1 Å². The SMILES string of the molecule is CC(C)Cc1ccc(CNC2CCCCC2N)cc1. The number of nitrogens with two attached hydrogens (primary N) is 1. The zero-order valence-electron chi connectivity index (χ0n) is 12.4. The lowest BCUT2D eigenvalue weighted by atomic mass is 9.91. The average molecular weight is 260 g/mol. The van der Waals surface area contributed by atoms with E-state index in [0.717, 1.165) is 12.5 Å². The van der Waals surface area contributed by atoms with E-state index in [-0.39, 0.29) is 0 Å². The molecule has 0 radical (unpaired) electrons. The third-order valence-electron chi connectivity index (χ3n) is 4.05. The third-order valence-corrected chi connectivity index (χ3v) is 4.05. The topological polar surface area (TPSA) is 38.0 Å².